The van der Waals surface area contributed by atoms with Crippen molar-refractivity contribution in [2.75, 3.05) is 13.7 Å². The molecule has 7 nitrogen and oxygen atoms in total. The zero-order valence-corrected chi connectivity index (χ0v) is 23.5. The second kappa shape index (κ2) is 12.5. The van der Waals surface area contributed by atoms with Crippen LogP contribution < -0.4 is 10.1 Å². The monoisotopic (exact) mass is 589 g/mol. The predicted octanol–water partition coefficient (Wildman–Crippen LogP) is 6.45. The van der Waals surface area contributed by atoms with Crippen LogP contribution in [0.4, 0.5) is 13.2 Å². The summed E-state index contributed by atoms with van der Waals surface area (Å²) in [4.78, 5) is 12.4. The average molecular weight is 590 g/mol. The van der Waals surface area contributed by atoms with Crippen molar-refractivity contribution in [1.29, 1.82) is 0 Å². The summed E-state index contributed by atoms with van der Waals surface area (Å²) >= 11 is 6.29. The largest absolute Gasteiger partial charge is 0.495 e. The predicted molar refractivity (Wildman–Crippen MR) is 151 cm³/mol. The van der Waals surface area contributed by atoms with Gasteiger partial charge in [0.1, 0.15) is 5.75 Å². The lowest BCUT2D eigenvalue weighted by molar-refractivity contribution is -0.137. The Hall–Kier alpha value is -3.60. The van der Waals surface area contributed by atoms with E-state index in [1.165, 1.54) is 13.2 Å². The van der Waals surface area contributed by atoms with E-state index in [1.807, 2.05) is 22.9 Å². The molecule has 4 aromatic rings. The highest BCUT2D eigenvalue weighted by atomic mass is 35.5. The maximum Gasteiger partial charge on any atom is 0.416 e. The summed E-state index contributed by atoms with van der Waals surface area (Å²) in [5, 5.41) is 25.9. The van der Waals surface area contributed by atoms with Crippen molar-refractivity contribution >= 4 is 28.4 Å². The number of nitrogens with zero attached hydrogens (tertiary/aromatic N) is 2. The number of benzene rings is 3. The first-order valence-corrected chi connectivity index (χ1v) is 13.4. The molecule has 218 valence electrons. The highest BCUT2D eigenvalue weighted by molar-refractivity contribution is 6.33. The molecule has 41 heavy (non-hydrogen) atoms. The molecule has 1 amide bonds. The fraction of sp³-hybridized carbons (Fsp3) is 0.333. The molecule has 1 aromatic heterocycles. The van der Waals surface area contributed by atoms with Gasteiger partial charge in [-0.3, -0.25) is 9.48 Å². The van der Waals surface area contributed by atoms with Gasteiger partial charge in [0.2, 0.25) is 0 Å². The van der Waals surface area contributed by atoms with Gasteiger partial charge in [-0.25, -0.2) is 0 Å². The third kappa shape index (κ3) is 6.83. The smallest absolute Gasteiger partial charge is 0.416 e. The molecule has 11 heteroatoms. The van der Waals surface area contributed by atoms with Gasteiger partial charge in [-0.1, -0.05) is 43.6 Å². The number of hydrogen-bond acceptors (Lipinski definition) is 5. The van der Waals surface area contributed by atoms with E-state index in [4.69, 9.17) is 26.6 Å². The quantitative estimate of drug-likeness (QED) is 0.185. The van der Waals surface area contributed by atoms with Crippen molar-refractivity contribution in [3.05, 3.63) is 82.5 Å². The highest BCUT2D eigenvalue weighted by Gasteiger charge is 2.31. The minimum Gasteiger partial charge on any atom is -0.495 e. The molecule has 3 N–H and O–H groups in total. The molecular formula is C30H31ClF3N3O4. The molecule has 0 aliphatic heterocycles. The molecular weight excluding hydrogens is 559 g/mol. The van der Waals surface area contributed by atoms with E-state index in [1.54, 1.807) is 24.4 Å². The van der Waals surface area contributed by atoms with Gasteiger partial charge < -0.3 is 20.3 Å². The normalized spacial score (nSPS) is 12.8. The minimum atomic E-state index is -4.51. The van der Waals surface area contributed by atoms with Crippen LogP contribution in [0.25, 0.3) is 22.0 Å². The lowest BCUT2D eigenvalue weighted by atomic mass is 9.95. The highest BCUT2D eigenvalue weighted by Crippen LogP contribution is 2.42. The molecule has 0 aliphatic rings. The van der Waals surface area contributed by atoms with Crippen LogP contribution in [-0.2, 0) is 6.18 Å². The van der Waals surface area contributed by atoms with Gasteiger partial charge in [-0.05, 0) is 54.3 Å². The van der Waals surface area contributed by atoms with Crippen molar-refractivity contribution in [2.24, 2.45) is 5.92 Å². The maximum atomic E-state index is 13.2. The molecule has 4 rings (SSSR count). The van der Waals surface area contributed by atoms with Crippen LogP contribution in [0.3, 0.4) is 0 Å². The van der Waals surface area contributed by atoms with Gasteiger partial charge in [0, 0.05) is 34.7 Å². The fourth-order valence-electron chi connectivity index (χ4n) is 4.78. The molecule has 1 atom stereocenters. The molecule has 0 bridgehead atoms. The molecule has 0 radical (unpaired) electrons. The van der Waals surface area contributed by atoms with Crippen LogP contribution in [0.15, 0.2) is 60.8 Å². The van der Waals surface area contributed by atoms with Crippen molar-refractivity contribution < 1.29 is 32.9 Å². The maximum absolute atomic E-state index is 13.2. The third-order valence-electron chi connectivity index (χ3n) is 6.76. The average Bonchev–Trinajstić information content (AvgIpc) is 3.34. The molecule has 0 aliphatic carbocycles. The van der Waals surface area contributed by atoms with Gasteiger partial charge in [0.25, 0.3) is 5.91 Å². The summed E-state index contributed by atoms with van der Waals surface area (Å²) in [5.74, 6) is 0.430. The zero-order valence-electron chi connectivity index (χ0n) is 22.7. The van der Waals surface area contributed by atoms with Gasteiger partial charge in [0.05, 0.1) is 35.8 Å². The Morgan fingerprint density at radius 1 is 1.07 bits per heavy atom. The second-order valence-corrected chi connectivity index (χ2v) is 10.6. The van der Waals surface area contributed by atoms with Crippen LogP contribution in [0.2, 0.25) is 5.02 Å². The van der Waals surface area contributed by atoms with Gasteiger partial charge in [-0.15, -0.1) is 0 Å². The molecule has 1 unspecified atom stereocenters. The number of rotatable bonds is 10. The van der Waals surface area contributed by atoms with Crippen molar-refractivity contribution in [3.8, 4) is 16.9 Å². The summed E-state index contributed by atoms with van der Waals surface area (Å²) in [6, 6.07) is 13.8. The summed E-state index contributed by atoms with van der Waals surface area (Å²) in [5.41, 5.74) is 2.26. The number of ether oxygens (including phenoxy) is 1. The van der Waals surface area contributed by atoms with Crippen LogP contribution in [0.5, 0.6) is 5.75 Å². The van der Waals surface area contributed by atoms with E-state index in [9.17, 15) is 18.0 Å². The van der Waals surface area contributed by atoms with E-state index < -0.39 is 18.0 Å². The third-order valence-corrected chi connectivity index (χ3v) is 7.07. The van der Waals surface area contributed by atoms with E-state index in [0.29, 0.717) is 33.7 Å². The zero-order chi connectivity index (χ0) is 29.9. The molecule has 0 saturated heterocycles. The number of fused-ring (bicyclic) bond motifs is 1. The van der Waals surface area contributed by atoms with Crippen LogP contribution in [-0.4, -0.2) is 45.8 Å². The van der Waals surface area contributed by atoms with Gasteiger partial charge in [-0.2, -0.15) is 18.3 Å². The number of carbonyl (C=O) groups excluding carboxylic acids is 1. The Kier molecular flexibility index (Phi) is 9.26. The number of alkyl halides is 3. The topological polar surface area (TPSA) is 96.6 Å². The summed E-state index contributed by atoms with van der Waals surface area (Å²) < 4.78 is 47.1. The number of nitrogens with one attached hydrogen (secondary N) is 1. The Balaban J connectivity index is 1.70. The Bertz CT molecular complexity index is 1520. The number of halogens is 4. The van der Waals surface area contributed by atoms with Gasteiger partial charge >= 0.3 is 6.18 Å². The van der Waals surface area contributed by atoms with Gasteiger partial charge in [0.15, 0.2) is 6.29 Å². The summed E-state index contributed by atoms with van der Waals surface area (Å²) in [7, 11) is 1.49. The molecule has 0 spiro atoms. The standard InChI is InChI=1S/C30H31ClF3N3O4/c1-17(2)14-26(18-4-6-19(7-5-18)29(40)35-13-12-27(38)39)37-25-11-10-22(28(41-3)23(25)16-36-37)21-9-8-20(15-24(21)31)30(32,33)34/h4-11,15-17,26-27,38-39H,12-14H2,1-3H3,(H,35,40). The number of hydrogen-bond donors (Lipinski definition) is 3. The first-order valence-electron chi connectivity index (χ1n) is 13.1. The SMILES string of the molecule is COc1c(-c2ccc(C(F)(F)F)cc2Cl)ccc2c1cnn2C(CC(C)C)c1ccc(C(=O)NCCC(O)O)cc1. The Morgan fingerprint density at radius 2 is 1.76 bits per heavy atom. The second-order valence-electron chi connectivity index (χ2n) is 10.2. The Labute approximate surface area is 240 Å². The molecule has 0 fully saturated rings. The first kappa shape index (κ1) is 30.4. The number of aromatic nitrogens is 2. The number of amides is 1. The van der Waals surface area contributed by atoms with Crippen LogP contribution >= 0.6 is 11.6 Å². The number of aliphatic hydroxyl groups excluding tert-OH is 1. The number of aliphatic hydroxyl groups is 2. The van der Waals surface area contributed by atoms with E-state index in [0.717, 1.165) is 29.6 Å². The minimum absolute atomic E-state index is 0.0307. The summed E-state index contributed by atoms with van der Waals surface area (Å²) in [6.45, 7) is 4.33. The Morgan fingerprint density at radius 3 is 2.34 bits per heavy atom. The number of methoxy groups -OCH3 is 1. The molecule has 1 heterocycles. The van der Waals surface area contributed by atoms with Crippen molar-refractivity contribution in [2.45, 2.75) is 45.2 Å². The molecule has 3 aromatic carbocycles. The summed E-state index contributed by atoms with van der Waals surface area (Å²) in [6.07, 6.45) is -3.55. The van der Waals surface area contributed by atoms with E-state index in [2.05, 4.69) is 24.3 Å². The van der Waals surface area contributed by atoms with Crippen LogP contribution in [0.1, 0.15) is 54.2 Å². The first-order chi connectivity index (χ1) is 19.4. The fourth-order valence-corrected chi connectivity index (χ4v) is 5.07. The van der Waals surface area contributed by atoms with Crippen LogP contribution in [0, 0.1) is 5.92 Å². The van der Waals surface area contributed by atoms with Crippen molar-refractivity contribution in [1.82, 2.24) is 15.1 Å². The van der Waals surface area contributed by atoms with Crippen molar-refractivity contribution in [3.63, 3.8) is 0 Å². The lowest BCUT2D eigenvalue weighted by Gasteiger charge is -2.22. The van der Waals surface area contributed by atoms with E-state index >= 15 is 0 Å². The lowest BCUT2D eigenvalue weighted by Crippen LogP contribution is -2.27. The number of carbonyl (C=O) groups is 1. The molecule has 0 saturated carbocycles. The van der Waals surface area contributed by atoms with E-state index in [-0.39, 0.29) is 29.9 Å².